The van der Waals surface area contributed by atoms with Crippen LogP contribution in [-0.4, -0.2) is 30.9 Å². The molecule has 2 aromatic heterocycles. The zero-order valence-electron chi connectivity index (χ0n) is 19.4. The Kier molecular flexibility index (Phi) is 7.32. The number of anilines is 1. The number of hydrogen-bond acceptors (Lipinski definition) is 6. The molecule has 1 N–H and O–H groups in total. The fraction of sp³-hybridized carbons (Fsp3) is 0.208. The van der Waals surface area contributed by atoms with Crippen molar-refractivity contribution in [2.75, 3.05) is 5.32 Å². The van der Waals surface area contributed by atoms with E-state index in [0.717, 1.165) is 29.1 Å². The highest BCUT2D eigenvalue weighted by atomic mass is 35.5. The van der Waals surface area contributed by atoms with Gasteiger partial charge in [0.25, 0.3) is 5.91 Å². The van der Waals surface area contributed by atoms with Gasteiger partial charge in [0.05, 0.1) is 16.9 Å². The van der Waals surface area contributed by atoms with Crippen LogP contribution in [0.1, 0.15) is 38.7 Å². The van der Waals surface area contributed by atoms with Gasteiger partial charge in [0.2, 0.25) is 0 Å². The zero-order chi connectivity index (χ0) is 26.0. The van der Waals surface area contributed by atoms with Gasteiger partial charge in [-0.3, -0.25) is 4.79 Å². The third kappa shape index (κ3) is 5.85. The Morgan fingerprint density at radius 2 is 1.69 bits per heavy atom. The zero-order valence-corrected chi connectivity index (χ0v) is 21.0. The van der Waals surface area contributed by atoms with Crippen LogP contribution in [0.25, 0.3) is 5.69 Å². The van der Waals surface area contributed by atoms with Crippen LogP contribution < -0.4 is 5.32 Å². The number of amides is 1. The highest BCUT2D eigenvalue weighted by molar-refractivity contribution is 7.98. The molecular formula is C24H20ClF3N6OS. The topological polar surface area (TPSA) is 85.6 Å². The van der Waals surface area contributed by atoms with Gasteiger partial charge in [-0.25, -0.2) is 14.6 Å². The third-order valence-corrected chi connectivity index (χ3v) is 6.41. The molecule has 7 nitrogen and oxygen atoms in total. The van der Waals surface area contributed by atoms with Gasteiger partial charge in [-0.1, -0.05) is 34.6 Å². The van der Waals surface area contributed by atoms with Crippen molar-refractivity contribution in [3.8, 4) is 5.69 Å². The molecule has 0 aliphatic heterocycles. The molecule has 186 valence electrons. The number of alkyl halides is 3. The minimum atomic E-state index is -4.47. The summed E-state index contributed by atoms with van der Waals surface area (Å²) < 4.78 is 40.1. The molecule has 4 aromatic rings. The molecule has 0 saturated carbocycles. The van der Waals surface area contributed by atoms with Gasteiger partial charge >= 0.3 is 6.18 Å². The Morgan fingerprint density at radius 3 is 2.31 bits per heavy atom. The smallest absolute Gasteiger partial charge is 0.321 e. The SMILES string of the molecule is Cc1cc(C)nc(SCc2c(C(=O)Nc3ccc(C(F)(F)F)cc3)nnn2-c2ccc(C)c(Cl)c2)n1. The maximum atomic E-state index is 13.1. The van der Waals surface area contributed by atoms with E-state index in [1.54, 1.807) is 12.1 Å². The molecular weight excluding hydrogens is 513 g/mol. The first-order valence-corrected chi connectivity index (χ1v) is 12.0. The molecule has 0 saturated heterocycles. The van der Waals surface area contributed by atoms with E-state index in [1.807, 2.05) is 32.9 Å². The maximum absolute atomic E-state index is 13.1. The third-order valence-electron chi connectivity index (χ3n) is 5.15. The molecule has 0 spiro atoms. The Morgan fingerprint density at radius 1 is 1.03 bits per heavy atom. The number of hydrogen-bond donors (Lipinski definition) is 1. The number of aromatic nitrogens is 5. The van der Waals surface area contributed by atoms with E-state index in [2.05, 4.69) is 25.6 Å². The summed E-state index contributed by atoms with van der Waals surface area (Å²) in [5, 5.41) is 11.9. The number of benzene rings is 2. The highest BCUT2D eigenvalue weighted by Crippen LogP contribution is 2.30. The number of thioether (sulfide) groups is 1. The monoisotopic (exact) mass is 532 g/mol. The normalized spacial score (nSPS) is 11.5. The fourth-order valence-corrected chi connectivity index (χ4v) is 4.47. The summed E-state index contributed by atoms with van der Waals surface area (Å²) in [5.74, 6) is -0.367. The van der Waals surface area contributed by atoms with E-state index in [0.29, 0.717) is 21.6 Å². The van der Waals surface area contributed by atoms with Gasteiger partial charge in [-0.05, 0) is 68.8 Å². The largest absolute Gasteiger partial charge is 0.416 e. The van der Waals surface area contributed by atoms with E-state index in [1.165, 1.54) is 28.6 Å². The molecule has 0 bridgehead atoms. The summed E-state index contributed by atoms with van der Waals surface area (Å²) in [6.07, 6.45) is -4.47. The molecule has 1 amide bonds. The minimum absolute atomic E-state index is 0.0171. The standard InChI is InChI=1S/C24H20ClF3N6OS/c1-13-4-9-18(11-19(13)25)34-20(12-36-23-29-14(2)10-15(3)30-23)21(32-33-34)22(35)31-17-7-5-16(6-8-17)24(26,27)28/h4-11H,12H2,1-3H3,(H,31,35). The predicted molar refractivity (Wildman–Crippen MR) is 132 cm³/mol. The van der Waals surface area contributed by atoms with Crippen molar-refractivity contribution < 1.29 is 18.0 Å². The van der Waals surface area contributed by atoms with E-state index < -0.39 is 17.6 Å². The Balaban J connectivity index is 1.66. The number of halogens is 4. The number of nitrogens with zero attached hydrogens (tertiary/aromatic N) is 5. The minimum Gasteiger partial charge on any atom is -0.321 e. The fourth-order valence-electron chi connectivity index (χ4n) is 3.35. The summed E-state index contributed by atoms with van der Waals surface area (Å²) in [5.41, 5.74) is 2.94. The molecule has 0 unspecified atom stereocenters. The van der Waals surface area contributed by atoms with Crippen molar-refractivity contribution in [1.82, 2.24) is 25.0 Å². The molecule has 2 heterocycles. The van der Waals surface area contributed by atoms with E-state index in [9.17, 15) is 18.0 Å². The second-order valence-corrected chi connectivity index (χ2v) is 9.33. The predicted octanol–water partition coefficient (Wildman–Crippen LogP) is 6.20. The molecule has 0 radical (unpaired) electrons. The average molecular weight is 533 g/mol. The maximum Gasteiger partial charge on any atom is 0.416 e. The van der Waals surface area contributed by atoms with Crippen LogP contribution in [0.5, 0.6) is 0 Å². The first-order chi connectivity index (χ1) is 17.0. The Hall–Kier alpha value is -3.44. The number of carbonyl (C=O) groups is 1. The average Bonchev–Trinajstić information content (AvgIpc) is 3.23. The lowest BCUT2D eigenvalue weighted by molar-refractivity contribution is -0.137. The molecule has 0 aliphatic carbocycles. The molecule has 2 aromatic carbocycles. The van der Waals surface area contributed by atoms with Crippen LogP contribution in [0.4, 0.5) is 18.9 Å². The first kappa shape index (κ1) is 25.6. The Labute approximate surface area is 214 Å². The quantitative estimate of drug-likeness (QED) is 0.235. The van der Waals surface area contributed by atoms with Crippen LogP contribution >= 0.6 is 23.4 Å². The van der Waals surface area contributed by atoms with E-state index in [4.69, 9.17) is 11.6 Å². The van der Waals surface area contributed by atoms with Crippen molar-refractivity contribution in [2.24, 2.45) is 0 Å². The van der Waals surface area contributed by atoms with Crippen molar-refractivity contribution in [2.45, 2.75) is 37.9 Å². The second-order valence-electron chi connectivity index (χ2n) is 7.98. The summed E-state index contributed by atoms with van der Waals surface area (Å²) in [6.45, 7) is 5.59. The van der Waals surface area contributed by atoms with Gasteiger partial charge in [0, 0.05) is 27.9 Å². The van der Waals surface area contributed by atoms with Gasteiger partial charge in [0.1, 0.15) is 0 Å². The number of nitrogens with one attached hydrogen (secondary N) is 1. The molecule has 12 heteroatoms. The summed E-state index contributed by atoms with van der Waals surface area (Å²) in [7, 11) is 0. The van der Waals surface area contributed by atoms with Crippen molar-refractivity contribution in [1.29, 1.82) is 0 Å². The van der Waals surface area contributed by atoms with Gasteiger partial charge in [-0.15, -0.1) is 5.10 Å². The molecule has 36 heavy (non-hydrogen) atoms. The molecule has 0 fully saturated rings. The van der Waals surface area contributed by atoms with Crippen molar-refractivity contribution >= 4 is 35.0 Å². The second kappa shape index (κ2) is 10.3. The lowest BCUT2D eigenvalue weighted by Gasteiger charge is -2.10. The van der Waals surface area contributed by atoms with Crippen LogP contribution in [0.3, 0.4) is 0 Å². The molecule has 4 rings (SSSR count). The van der Waals surface area contributed by atoms with Crippen LogP contribution in [0.2, 0.25) is 5.02 Å². The molecule has 0 aliphatic rings. The number of carbonyl (C=O) groups excluding carboxylic acids is 1. The summed E-state index contributed by atoms with van der Waals surface area (Å²) >= 11 is 7.60. The van der Waals surface area contributed by atoms with Gasteiger partial charge in [0.15, 0.2) is 10.9 Å². The van der Waals surface area contributed by atoms with Crippen molar-refractivity contribution in [3.05, 3.63) is 87.5 Å². The first-order valence-electron chi connectivity index (χ1n) is 10.7. The van der Waals surface area contributed by atoms with E-state index >= 15 is 0 Å². The van der Waals surface area contributed by atoms with Gasteiger partial charge in [-0.2, -0.15) is 13.2 Å². The summed E-state index contributed by atoms with van der Waals surface area (Å²) in [6, 6.07) is 11.4. The van der Waals surface area contributed by atoms with Crippen LogP contribution in [0, 0.1) is 20.8 Å². The molecule has 0 atom stereocenters. The number of aryl methyl sites for hydroxylation is 3. The highest BCUT2D eigenvalue weighted by Gasteiger charge is 2.30. The summed E-state index contributed by atoms with van der Waals surface area (Å²) in [4.78, 5) is 21.9. The van der Waals surface area contributed by atoms with Crippen LogP contribution in [0.15, 0.2) is 53.7 Å². The lowest BCUT2D eigenvalue weighted by atomic mass is 10.2. The lowest BCUT2D eigenvalue weighted by Crippen LogP contribution is -2.15. The van der Waals surface area contributed by atoms with Crippen molar-refractivity contribution in [3.63, 3.8) is 0 Å². The van der Waals surface area contributed by atoms with Crippen LogP contribution in [-0.2, 0) is 11.9 Å². The Bertz CT molecular complexity index is 1400. The number of rotatable bonds is 6. The van der Waals surface area contributed by atoms with Gasteiger partial charge < -0.3 is 5.32 Å². The van der Waals surface area contributed by atoms with E-state index in [-0.39, 0.29) is 17.1 Å².